The molecular weight excluding hydrogens is 278 g/mol. The van der Waals surface area contributed by atoms with E-state index in [-0.39, 0.29) is 5.78 Å². The Kier molecular flexibility index (Phi) is 5.60. The molecule has 0 aliphatic heterocycles. The SMILES string of the molecule is COc1ccc(CN/C=C/C(=O)c2cccc(OC)c2)cc1. The van der Waals surface area contributed by atoms with E-state index in [0.29, 0.717) is 17.9 Å². The van der Waals surface area contributed by atoms with E-state index in [2.05, 4.69) is 5.32 Å². The lowest BCUT2D eigenvalue weighted by atomic mass is 10.1. The number of nitrogens with one attached hydrogen (secondary N) is 1. The van der Waals surface area contributed by atoms with Gasteiger partial charge in [0.25, 0.3) is 0 Å². The summed E-state index contributed by atoms with van der Waals surface area (Å²) >= 11 is 0. The summed E-state index contributed by atoms with van der Waals surface area (Å²) < 4.78 is 10.2. The summed E-state index contributed by atoms with van der Waals surface area (Å²) in [6, 6.07) is 14.8. The molecule has 114 valence electrons. The van der Waals surface area contributed by atoms with Crippen LogP contribution in [0.3, 0.4) is 0 Å². The molecule has 0 atom stereocenters. The predicted octanol–water partition coefficient (Wildman–Crippen LogP) is 3.19. The van der Waals surface area contributed by atoms with Crippen molar-refractivity contribution in [3.8, 4) is 11.5 Å². The van der Waals surface area contributed by atoms with Crippen LogP contribution in [0.4, 0.5) is 0 Å². The van der Waals surface area contributed by atoms with Gasteiger partial charge in [0.05, 0.1) is 14.2 Å². The Bertz CT molecular complexity index is 648. The monoisotopic (exact) mass is 297 g/mol. The first-order valence-electron chi connectivity index (χ1n) is 6.94. The molecule has 0 fully saturated rings. The van der Waals surface area contributed by atoms with Gasteiger partial charge in [-0.05, 0) is 29.8 Å². The molecule has 0 radical (unpaired) electrons. The van der Waals surface area contributed by atoms with Crippen LogP contribution >= 0.6 is 0 Å². The number of methoxy groups -OCH3 is 2. The predicted molar refractivity (Wildman–Crippen MR) is 86.3 cm³/mol. The Hall–Kier alpha value is -2.75. The van der Waals surface area contributed by atoms with E-state index in [9.17, 15) is 4.79 Å². The van der Waals surface area contributed by atoms with Crippen LogP contribution in [0.1, 0.15) is 15.9 Å². The summed E-state index contributed by atoms with van der Waals surface area (Å²) in [5, 5.41) is 3.09. The van der Waals surface area contributed by atoms with Crippen molar-refractivity contribution >= 4 is 5.78 Å². The molecule has 0 saturated heterocycles. The maximum Gasteiger partial charge on any atom is 0.187 e. The highest BCUT2D eigenvalue weighted by Crippen LogP contribution is 2.13. The molecule has 22 heavy (non-hydrogen) atoms. The molecule has 0 aliphatic carbocycles. The molecule has 0 saturated carbocycles. The van der Waals surface area contributed by atoms with E-state index in [1.807, 2.05) is 30.3 Å². The molecule has 0 bridgehead atoms. The van der Waals surface area contributed by atoms with E-state index >= 15 is 0 Å². The van der Waals surface area contributed by atoms with Gasteiger partial charge in [0, 0.05) is 24.4 Å². The lowest BCUT2D eigenvalue weighted by Crippen LogP contribution is -2.06. The second kappa shape index (κ2) is 7.88. The first kappa shape index (κ1) is 15.6. The summed E-state index contributed by atoms with van der Waals surface area (Å²) in [6.45, 7) is 0.645. The van der Waals surface area contributed by atoms with Crippen LogP contribution in [-0.2, 0) is 6.54 Å². The van der Waals surface area contributed by atoms with Crippen LogP contribution in [0.5, 0.6) is 11.5 Å². The Morgan fingerprint density at radius 2 is 1.77 bits per heavy atom. The van der Waals surface area contributed by atoms with Gasteiger partial charge in [-0.1, -0.05) is 24.3 Å². The number of ether oxygens (including phenoxy) is 2. The smallest absolute Gasteiger partial charge is 0.187 e. The Labute approximate surface area is 130 Å². The minimum atomic E-state index is -0.0684. The Balaban J connectivity index is 1.87. The quantitative estimate of drug-likeness (QED) is 0.630. The maximum atomic E-state index is 12.0. The Morgan fingerprint density at radius 3 is 2.45 bits per heavy atom. The molecule has 1 N–H and O–H groups in total. The number of hydrogen-bond acceptors (Lipinski definition) is 4. The normalized spacial score (nSPS) is 10.5. The van der Waals surface area contributed by atoms with Gasteiger partial charge in [-0.2, -0.15) is 0 Å². The van der Waals surface area contributed by atoms with Gasteiger partial charge in [-0.25, -0.2) is 0 Å². The van der Waals surface area contributed by atoms with E-state index in [0.717, 1.165) is 11.3 Å². The van der Waals surface area contributed by atoms with Crippen LogP contribution in [-0.4, -0.2) is 20.0 Å². The number of hydrogen-bond donors (Lipinski definition) is 1. The fraction of sp³-hybridized carbons (Fsp3) is 0.167. The fourth-order valence-electron chi connectivity index (χ4n) is 1.93. The molecule has 0 aliphatic rings. The second-order valence-corrected chi connectivity index (χ2v) is 4.66. The average Bonchev–Trinajstić information content (AvgIpc) is 2.59. The average molecular weight is 297 g/mol. The molecule has 2 aromatic carbocycles. The number of rotatable bonds is 7. The third kappa shape index (κ3) is 4.38. The third-order valence-electron chi connectivity index (χ3n) is 3.17. The molecule has 2 rings (SSSR count). The molecule has 0 aromatic heterocycles. The minimum absolute atomic E-state index is 0.0684. The van der Waals surface area contributed by atoms with E-state index < -0.39 is 0 Å². The highest BCUT2D eigenvalue weighted by molar-refractivity contribution is 6.04. The highest BCUT2D eigenvalue weighted by atomic mass is 16.5. The summed E-state index contributed by atoms with van der Waals surface area (Å²) in [4.78, 5) is 12.0. The van der Waals surface area contributed by atoms with Crippen molar-refractivity contribution in [1.29, 1.82) is 0 Å². The van der Waals surface area contributed by atoms with Crippen molar-refractivity contribution < 1.29 is 14.3 Å². The van der Waals surface area contributed by atoms with Crippen molar-refractivity contribution in [3.63, 3.8) is 0 Å². The zero-order chi connectivity index (χ0) is 15.8. The number of carbonyl (C=O) groups excluding carboxylic acids is 1. The van der Waals surface area contributed by atoms with Gasteiger partial charge < -0.3 is 14.8 Å². The lowest BCUT2D eigenvalue weighted by Gasteiger charge is -2.04. The lowest BCUT2D eigenvalue weighted by molar-refractivity contribution is 0.104. The zero-order valence-corrected chi connectivity index (χ0v) is 12.7. The van der Waals surface area contributed by atoms with Gasteiger partial charge in [0.15, 0.2) is 5.78 Å². The summed E-state index contributed by atoms with van der Waals surface area (Å²) in [7, 11) is 3.22. The largest absolute Gasteiger partial charge is 0.497 e. The van der Waals surface area contributed by atoms with Crippen molar-refractivity contribution in [2.75, 3.05) is 14.2 Å². The van der Waals surface area contributed by atoms with Crippen molar-refractivity contribution in [2.24, 2.45) is 0 Å². The zero-order valence-electron chi connectivity index (χ0n) is 12.7. The molecule has 4 heteroatoms. The van der Waals surface area contributed by atoms with E-state index in [4.69, 9.17) is 9.47 Å². The molecule has 0 heterocycles. The third-order valence-corrected chi connectivity index (χ3v) is 3.17. The van der Waals surface area contributed by atoms with Gasteiger partial charge >= 0.3 is 0 Å². The standard InChI is InChI=1S/C18H19NO3/c1-21-16-8-6-14(7-9-16)13-19-11-10-18(20)15-4-3-5-17(12-15)22-2/h3-12,19H,13H2,1-2H3/b11-10+. The number of ketones is 1. The Morgan fingerprint density at radius 1 is 1.05 bits per heavy atom. The van der Waals surface area contributed by atoms with Crippen LogP contribution in [0.2, 0.25) is 0 Å². The van der Waals surface area contributed by atoms with Crippen molar-refractivity contribution in [2.45, 2.75) is 6.54 Å². The van der Waals surface area contributed by atoms with Crippen molar-refractivity contribution in [1.82, 2.24) is 5.32 Å². The van der Waals surface area contributed by atoms with Crippen LogP contribution in [0.25, 0.3) is 0 Å². The van der Waals surface area contributed by atoms with Crippen LogP contribution in [0.15, 0.2) is 60.8 Å². The molecule has 0 spiro atoms. The summed E-state index contributed by atoms with van der Waals surface area (Å²) in [6.07, 6.45) is 3.17. The number of allylic oxidation sites excluding steroid dienone is 1. The number of carbonyl (C=O) groups is 1. The molecule has 0 amide bonds. The van der Waals surface area contributed by atoms with Gasteiger partial charge in [-0.3, -0.25) is 4.79 Å². The second-order valence-electron chi connectivity index (χ2n) is 4.66. The van der Waals surface area contributed by atoms with E-state index in [1.165, 1.54) is 6.08 Å². The van der Waals surface area contributed by atoms with Crippen LogP contribution in [0, 0.1) is 0 Å². The van der Waals surface area contributed by atoms with Gasteiger partial charge in [0.2, 0.25) is 0 Å². The first-order valence-corrected chi connectivity index (χ1v) is 6.94. The van der Waals surface area contributed by atoms with Gasteiger partial charge in [0.1, 0.15) is 11.5 Å². The van der Waals surface area contributed by atoms with Crippen molar-refractivity contribution in [3.05, 3.63) is 71.9 Å². The summed E-state index contributed by atoms with van der Waals surface area (Å²) in [5.41, 5.74) is 1.71. The molecular formula is C18H19NO3. The van der Waals surface area contributed by atoms with E-state index in [1.54, 1.807) is 38.6 Å². The minimum Gasteiger partial charge on any atom is -0.497 e. The number of benzene rings is 2. The van der Waals surface area contributed by atoms with Gasteiger partial charge in [-0.15, -0.1) is 0 Å². The maximum absolute atomic E-state index is 12.0. The topological polar surface area (TPSA) is 47.6 Å². The molecule has 4 nitrogen and oxygen atoms in total. The fourth-order valence-corrected chi connectivity index (χ4v) is 1.93. The first-order chi connectivity index (χ1) is 10.7. The highest BCUT2D eigenvalue weighted by Gasteiger charge is 2.02. The molecule has 0 unspecified atom stereocenters. The van der Waals surface area contributed by atoms with Crippen LogP contribution < -0.4 is 14.8 Å². The summed E-state index contributed by atoms with van der Waals surface area (Å²) in [5.74, 6) is 1.43. The molecule has 2 aromatic rings.